The highest BCUT2D eigenvalue weighted by Crippen LogP contribution is 2.48. The van der Waals surface area contributed by atoms with E-state index in [2.05, 4.69) is 0 Å². The van der Waals surface area contributed by atoms with E-state index in [1.54, 1.807) is 46.4 Å². The van der Waals surface area contributed by atoms with E-state index in [9.17, 15) is 14.7 Å². The Bertz CT molecular complexity index is 521. The summed E-state index contributed by atoms with van der Waals surface area (Å²) < 4.78 is 16.0. The zero-order chi connectivity index (χ0) is 19.0. The van der Waals surface area contributed by atoms with Crippen LogP contribution in [-0.2, 0) is 14.2 Å². The standard InChI is InChI=1S/C18H31NO6/c1-16(2,3)24-14(21)19-10-9-12-7-8-13(20)18(12,19)11-23-15(22)25-17(4,5)6/h12-13,20H,7-11H2,1-6H3/t12-,13-,18+/m0/s1. The van der Waals surface area contributed by atoms with Crippen molar-refractivity contribution in [2.45, 2.75) is 83.6 Å². The largest absolute Gasteiger partial charge is 0.508 e. The number of likely N-dealkylation sites (tertiary alicyclic amines) is 1. The third-order valence-electron chi connectivity index (χ3n) is 4.70. The molecule has 25 heavy (non-hydrogen) atoms. The number of rotatable bonds is 2. The van der Waals surface area contributed by atoms with E-state index >= 15 is 0 Å². The van der Waals surface area contributed by atoms with Crippen LogP contribution in [0, 0.1) is 5.92 Å². The van der Waals surface area contributed by atoms with Gasteiger partial charge >= 0.3 is 12.2 Å². The molecule has 1 heterocycles. The maximum atomic E-state index is 12.6. The van der Waals surface area contributed by atoms with E-state index in [0.717, 1.165) is 12.8 Å². The molecule has 144 valence electrons. The van der Waals surface area contributed by atoms with Gasteiger partial charge in [-0.15, -0.1) is 0 Å². The smallest absolute Gasteiger partial charge is 0.444 e. The number of aliphatic hydroxyl groups is 1. The summed E-state index contributed by atoms with van der Waals surface area (Å²) in [5.41, 5.74) is -2.23. The second kappa shape index (κ2) is 6.67. The number of amides is 1. The lowest BCUT2D eigenvalue weighted by molar-refractivity contribution is -0.0725. The minimum Gasteiger partial charge on any atom is -0.444 e. The van der Waals surface area contributed by atoms with Crippen molar-refractivity contribution in [3.05, 3.63) is 0 Å². The highest BCUT2D eigenvalue weighted by atomic mass is 16.7. The van der Waals surface area contributed by atoms with E-state index in [0.29, 0.717) is 13.0 Å². The second-order valence-electron chi connectivity index (χ2n) is 8.96. The van der Waals surface area contributed by atoms with Gasteiger partial charge in [-0.1, -0.05) is 0 Å². The van der Waals surface area contributed by atoms with Crippen molar-refractivity contribution in [1.82, 2.24) is 4.90 Å². The number of nitrogens with zero attached hydrogens (tertiary/aromatic N) is 1. The monoisotopic (exact) mass is 357 g/mol. The molecule has 0 radical (unpaired) electrons. The minimum absolute atomic E-state index is 0.0810. The molecule has 0 aromatic rings. The van der Waals surface area contributed by atoms with Crippen LogP contribution in [0.5, 0.6) is 0 Å². The Labute approximate surface area is 149 Å². The van der Waals surface area contributed by atoms with Gasteiger partial charge < -0.3 is 19.3 Å². The van der Waals surface area contributed by atoms with Crippen LogP contribution in [0.25, 0.3) is 0 Å². The lowest BCUT2D eigenvalue weighted by Gasteiger charge is -2.41. The fourth-order valence-corrected chi connectivity index (χ4v) is 3.74. The predicted octanol–water partition coefficient (Wildman–Crippen LogP) is 3.09. The highest BCUT2D eigenvalue weighted by Gasteiger charge is 2.60. The molecule has 0 unspecified atom stereocenters. The number of hydrogen-bond donors (Lipinski definition) is 1. The van der Waals surface area contributed by atoms with Crippen molar-refractivity contribution in [3.8, 4) is 0 Å². The van der Waals surface area contributed by atoms with E-state index in [1.165, 1.54) is 0 Å². The maximum Gasteiger partial charge on any atom is 0.508 e. The Kier molecular flexibility index (Phi) is 5.28. The molecule has 1 N–H and O–H groups in total. The molecule has 1 amide bonds. The highest BCUT2D eigenvalue weighted by molar-refractivity contribution is 5.70. The van der Waals surface area contributed by atoms with Crippen molar-refractivity contribution in [2.24, 2.45) is 5.92 Å². The molecule has 1 saturated carbocycles. The maximum absolute atomic E-state index is 12.6. The zero-order valence-electron chi connectivity index (χ0n) is 16.1. The summed E-state index contributed by atoms with van der Waals surface area (Å²) in [5, 5.41) is 10.6. The average molecular weight is 357 g/mol. The summed E-state index contributed by atoms with van der Waals surface area (Å²) in [4.78, 5) is 26.1. The first-order valence-corrected chi connectivity index (χ1v) is 8.89. The molecule has 1 aliphatic carbocycles. The van der Waals surface area contributed by atoms with Gasteiger partial charge in [0.25, 0.3) is 0 Å². The molecule has 0 spiro atoms. The van der Waals surface area contributed by atoms with Crippen molar-refractivity contribution in [1.29, 1.82) is 0 Å². The van der Waals surface area contributed by atoms with Crippen LogP contribution >= 0.6 is 0 Å². The molecular formula is C18H31NO6. The van der Waals surface area contributed by atoms with E-state index < -0.39 is 35.1 Å². The number of fused-ring (bicyclic) bond motifs is 1. The van der Waals surface area contributed by atoms with Gasteiger partial charge in [-0.25, -0.2) is 9.59 Å². The van der Waals surface area contributed by atoms with Gasteiger partial charge in [-0.2, -0.15) is 0 Å². The average Bonchev–Trinajstić information content (AvgIpc) is 2.91. The Morgan fingerprint density at radius 1 is 1.04 bits per heavy atom. The molecular weight excluding hydrogens is 326 g/mol. The summed E-state index contributed by atoms with van der Waals surface area (Å²) in [7, 11) is 0. The third-order valence-corrected chi connectivity index (χ3v) is 4.70. The van der Waals surface area contributed by atoms with Gasteiger partial charge in [0.2, 0.25) is 0 Å². The Hall–Kier alpha value is -1.50. The summed E-state index contributed by atoms with van der Waals surface area (Å²) in [6.45, 7) is 11.0. The minimum atomic E-state index is -0.931. The van der Waals surface area contributed by atoms with Gasteiger partial charge in [-0.3, -0.25) is 4.90 Å². The SMILES string of the molecule is CC(C)(C)OC(=O)OC[C@@]12[C@@H](CC[C@@H]1O)CCN2C(=O)OC(C)(C)C. The van der Waals surface area contributed by atoms with Crippen LogP contribution in [0.1, 0.15) is 60.8 Å². The molecule has 2 rings (SSSR count). The summed E-state index contributed by atoms with van der Waals surface area (Å²) >= 11 is 0. The van der Waals surface area contributed by atoms with Gasteiger partial charge in [0.1, 0.15) is 23.3 Å². The number of hydrogen-bond acceptors (Lipinski definition) is 6. The lowest BCUT2D eigenvalue weighted by atomic mass is 9.87. The third kappa shape index (κ3) is 4.37. The van der Waals surface area contributed by atoms with E-state index in [-0.39, 0.29) is 12.5 Å². The second-order valence-corrected chi connectivity index (χ2v) is 8.96. The van der Waals surface area contributed by atoms with Crippen molar-refractivity contribution < 1.29 is 28.9 Å². The van der Waals surface area contributed by atoms with Crippen LogP contribution in [0.2, 0.25) is 0 Å². The first-order chi connectivity index (χ1) is 11.3. The van der Waals surface area contributed by atoms with Gasteiger partial charge in [0.05, 0.1) is 6.10 Å². The quantitative estimate of drug-likeness (QED) is 0.765. The van der Waals surface area contributed by atoms with Crippen LogP contribution in [0.15, 0.2) is 0 Å². The van der Waals surface area contributed by atoms with Crippen LogP contribution in [0.4, 0.5) is 9.59 Å². The molecule has 1 saturated heterocycles. The van der Waals surface area contributed by atoms with Crippen molar-refractivity contribution >= 4 is 12.2 Å². The van der Waals surface area contributed by atoms with Crippen LogP contribution in [-0.4, -0.2) is 58.3 Å². The van der Waals surface area contributed by atoms with Gasteiger partial charge in [-0.05, 0) is 66.7 Å². The molecule has 0 aromatic heterocycles. The first kappa shape index (κ1) is 19.8. The molecule has 1 aliphatic heterocycles. The fourth-order valence-electron chi connectivity index (χ4n) is 3.74. The number of carbonyl (C=O) groups excluding carboxylic acids is 2. The molecule has 0 aromatic carbocycles. The molecule has 7 nitrogen and oxygen atoms in total. The fraction of sp³-hybridized carbons (Fsp3) is 0.889. The van der Waals surface area contributed by atoms with Crippen molar-refractivity contribution in [2.75, 3.05) is 13.2 Å². The predicted molar refractivity (Wildman–Crippen MR) is 91.2 cm³/mol. The Morgan fingerprint density at radius 3 is 2.20 bits per heavy atom. The van der Waals surface area contributed by atoms with E-state index in [1.807, 2.05) is 0 Å². The molecule has 7 heteroatoms. The Morgan fingerprint density at radius 2 is 1.64 bits per heavy atom. The molecule has 3 atom stereocenters. The van der Waals surface area contributed by atoms with E-state index in [4.69, 9.17) is 14.2 Å². The molecule has 2 aliphatic rings. The molecule has 0 bridgehead atoms. The number of aliphatic hydroxyl groups excluding tert-OH is 1. The van der Waals surface area contributed by atoms with Crippen LogP contribution in [0.3, 0.4) is 0 Å². The van der Waals surface area contributed by atoms with Gasteiger partial charge in [0.15, 0.2) is 0 Å². The summed E-state index contributed by atoms with van der Waals surface area (Å²) in [6, 6.07) is 0. The summed E-state index contributed by atoms with van der Waals surface area (Å²) in [5.74, 6) is 0.0810. The zero-order valence-corrected chi connectivity index (χ0v) is 16.1. The van der Waals surface area contributed by atoms with Crippen LogP contribution < -0.4 is 0 Å². The number of carbonyl (C=O) groups is 2. The lowest BCUT2D eigenvalue weighted by Crippen LogP contribution is -2.59. The van der Waals surface area contributed by atoms with Crippen molar-refractivity contribution in [3.63, 3.8) is 0 Å². The Balaban J connectivity index is 2.15. The molecule has 2 fully saturated rings. The van der Waals surface area contributed by atoms with Gasteiger partial charge in [0, 0.05) is 6.54 Å². The topological polar surface area (TPSA) is 85.3 Å². The summed E-state index contributed by atoms with van der Waals surface area (Å²) in [6.07, 6.45) is 0.0859. The normalized spacial score (nSPS) is 29.3. The number of ether oxygens (including phenoxy) is 3. The first-order valence-electron chi connectivity index (χ1n) is 8.89.